The first-order valence-corrected chi connectivity index (χ1v) is 6.88. The molecule has 0 radical (unpaired) electrons. The van der Waals surface area contributed by atoms with Gasteiger partial charge < -0.3 is 5.73 Å². The van der Waals surface area contributed by atoms with Gasteiger partial charge in [0.05, 0.1) is 5.54 Å². The highest BCUT2D eigenvalue weighted by atomic mass is 32.1. The number of amides is 1. The molecule has 1 aromatic rings. The Morgan fingerprint density at radius 3 is 2.71 bits per heavy atom. The van der Waals surface area contributed by atoms with Crippen LogP contribution in [0.2, 0.25) is 0 Å². The first-order chi connectivity index (χ1) is 8.14. The summed E-state index contributed by atoms with van der Waals surface area (Å²) in [5, 5.41) is 12.2. The molecule has 1 amide bonds. The maximum Gasteiger partial charge on any atom is 0.246 e. The number of nitrogens with two attached hydrogens (primary N) is 1. The fourth-order valence-corrected chi connectivity index (χ4v) is 2.75. The number of carbonyl (C=O) groups is 1. The molecule has 0 bridgehead atoms. The van der Waals surface area contributed by atoms with E-state index in [0.29, 0.717) is 5.13 Å². The monoisotopic (exact) mass is 254 g/mol. The molecule has 0 aliphatic heterocycles. The van der Waals surface area contributed by atoms with Gasteiger partial charge in [0.1, 0.15) is 5.01 Å². The average Bonchev–Trinajstić information content (AvgIpc) is 2.78. The van der Waals surface area contributed by atoms with Gasteiger partial charge in [-0.05, 0) is 19.3 Å². The predicted molar refractivity (Wildman–Crippen MR) is 67.9 cm³/mol. The molecule has 17 heavy (non-hydrogen) atoms. The SMILES string of the molecule is CCc1nnc(NC(=O)C2(N)CCCCC2)s1. The van der Waals surface area contributed by atoms with Crippen LogP contribution < -0.4 is 11.1 Å². The second-order valence-corrected chi connectivity index (χ2v) is 5.59. The molecule has 1 aliphatic rings. The summed E-state index contributed by atoms with van der Waals surface area (Å²) in [6.45, 7) is 2.01. The van der Waals surface area contributed by atoms with Gasteiger partial charge in [0, 0.05) is 0 Å². The highest BCUT2D eigenvalue weighted by Gasteiger charge is 2.35. The van der Waals surface area contributed by atoms with Crippen molar-refractivity contribution in [2.24, 2.45) is 5.73 Å². The van der Waals surface area contributed by atoms with Crippen LogP contribution in [0.15, 0.2) is 0 Å². The highest BCUT2D eigenvalue weighted by Crippen LogP contribution is 2.27. The van der Waals surface area contributed by atoms with Crippen molar-refractivity contribution in [3.63, 3.8) is 0 Å². The van der Waals surface area contributed by atoms with E-state index in [-0.39, 0.29) is 5.91 Å². The van der Waals surface area contributed by atoms with Gasteiger partial charge in [0.25, 0.3) is 0 Å². The number of nitrogens with one attached hydrogen (secondary N) is 1. The number of rotatable bonds is 3. The molecule has 94 valence electrons. The second kappa shape index (κ2) is 5.10. The molecule has 0 atom stereocenters. The minimum Gasteiger partial charge on any atom is -0.317 e. The van der Waals surface area contributed by atoms with Crippen molar-refractivity contribution in [1.29, 1.82) is 0 Å². The van der Waals surface area contributed by atoms with Crippen molar-refractivity contribution >= 4 is 22.4 Å². The van der Waals surface area contributed by atoms with Gasteiger partial charge in [-0.1, -0.05) is 37.5 Å². The van der Waals surface area contributed by atoms with Crippen LogP contribution in [0.3, 0.4) is 0 Å². The third-order valence-electron chi connectivity index (χ3n) is 3.19. The van der Waals surface area contributed by atoms with Crippen LogP contribution in [0.5, 0.6) is 0 Å². The van der Waals surface area contributed by atoms with E-state index < -0.39 is 5.54 Å². The number of hydrogen-bond acceptors (Lipinski definition) is 5. The summed E-state index contributed by atoms with van der Waals surface area (Å²) < 4.78 is 0. The second-order valence-electron chi connectivity index (χ2n) is 4.53. The van der Waals surface area contributed by atoms with Crippen LogP contribution in [0.4, 0.5) is 5.13 Å². The Bertz CT molecular complexity index is 398. The standard InChI is InChI=1S/C11H18N4OS/c1-2-8-14-15-10(17-8)13-9(16)11(12)6-4-3-5-7-11/h2-7,12H2,1H3,(H,13,15,16). The van der Waals surface area contributed by atoms with Crippen molar-refractivity contribution in [3.8, 4) is 0 Å². The minimum atomic E-state index is -0.712. The molecule has 0 spiro atoms. The Hall–Kier alpha value is -1.01. The van der Waals surface area contributed by atoms with Crippen LogP contribution in [-0.4, -0.2) is 21.6 Å². The average molecular weight is 254 g/mol. The van der Waals surface area contributed by atoms with E-state index in [0.717, 1.165) is 37.1 Å². The molecule has 1 aliphatic carbocycles. The molecule has 6 heteroatoms. The first-order valence-electron chi connectivity index (χ1n) is 6.07. The van der Waals surface area contributed by atoms with Gasteiger partial charge >= 0.3 is 0 Å². The van der Waals surface area contributed by atoms with Crippen molar-refractivity contribution in [2.75, 3.05) is 5.32 Å². The third-order valence-corrected chi connectivity index (χ3v) is 4.17. The van der Waals surface area contributed by atoms with E-state index >= 15 is 0 Å². The van der Waals surface area contributed by atoms with Crippen LogP contribution in [0.1, 0.15) is 44.0 Å². The number of carbonyl (C=O) groups excluding carboxylic acids is 1. The van der Waals surface area contributed by atoms with Gasteiger partial charge in [0.15, 0.2) is 0 Å². The smallest absolute Gasteiger partial charge is 0.246 e. The lowest BCUT2D eigenvalue weighted by Crippen LogP contribution is -2.52. The van der Waals surface area contributed by atoms with Crippen molar-refractivity contribution in [3.05, 3.63) is 5.01 Å². The molecule has 1 saturated carbocycles. The number of aromatic nitrogens is 2. The molecule has 1 fully saturated rings. The Kier molecular flexibility index (Phi) is 3.73. The van der Waals surface area contributed by atoms with E-state index in [4.69, 9.17) is 5.73 Å². The molecular weight excluding hydrogens is 236 g/mol. The lowest BCUT2D eigenvalue weighted by molar-refractivity contribution is -0.122. The number of hydrogen-bond donors (Lipinski definition) is 2. The topological polar surface area (TPSA) is 80.9 Å². The largest absolute Gasteiger partial charge is 0.317 e. The van der Waals surface area contributed by atoms with E-state index in [1.807, 2.05) is 6.92 Å². The molecule has 0 aromatic carbocycles. The first kappa shape index (κ1) is 12.4. The molecule has 2 rings (SSSR count). The summed E-state index contributed by atoms with van der Waals surface area (Å²) in [4.78, 5) is 12.1. The summed E-state index contributed by atoms with van der Waals surface area (Å²) in [6.07, 6.45) is 5.59. The van der Waals surface area contributed by atoms with E-state index in [1.54, 1.807) is 0 Å². The zero-order chi connectivity index (χ0) is 12.3. The quantitative estimate of drug-likeness (QED) is 0.860. The Morgan fingerprint density at radius 1 is 1.41 bits per heavy atom. The van der Waals surface area contributed by atoms with Crippen LogP contribution in [0, 0.1) is 0 Å². The highest BCUT2D eigenvalue weighted by molar-refractivity contribution is 7.15. The Labute approximate surface area is 105 Å². The summed E-state index contributed by atoms with van der Waals surface area (Å²) >= 11 is 1.41. The van der Waals surface area contributed by atoms with Crippen LogP contribution in [-0.2, 0) is 11.2 Å². The van der Waals surface area contributed by atoms with Gasteiger partial charge in [-0.2, -0.15) is 0 Å². The normalized spacial score (nSPS) is 18.9. The van der Waals surface area contributed by atoms with Crippen LogP contribution in [0.25, 0.3) is 0 Å². The summed E-state index contributed by atoms with van der Waals surface area (Å²) in [6, 6.07) is 0. The maximum absolute atomic E-state index is 12.1. The Balaban J connectivity index is 2.00. The predicted octanol–water partition coefficient (Wildman–Crippen LogP) is 1.70. The van der Waals surface area contributed by atoms with Crippen molar-refractivity contribution in [1.82, 2.24) is 10.2 Å². The molecule has 3 N–H and O–H groups in total. The van der Waals surface area contributed by atoms with Gasteiger partial charge in [-0.15, -0.1) is 10.2 Å². The van der Waals surface area contributed by atoms with Gasteiger partial charge in [-0.3, -0.25) is 10.1 Å². The lowest BCUT2D eigenvalue weighted by Gasteiger charge is -2.31. The van der Waals surface area contributed by atoms with Crippen molar-refractivity contribution < 1.29 is 4.79 Å². The zero-order valence-electron chi connectivity index (χ0n) is 10.0. The number of nitrogens with zero attached hydrogens (tertiary/aromatic N) is 2. The van der Waals surface area contributed by atoms with Gasteiger partial charge in [-0.25, -0.2) is 0 Å². The molecular formula is C11H18N4OS. The van der Waals surface area contributed by atoms with Crippen molar-refractivity contribution in [2.45, 2.75) is 51.0 Å². The van der Waals surface area contributed by atoms with Gasteiger partial charge in [0.2, 0.25) is 11.0 Å². The van der Waals surface area contributed by atoms with E-state index in [9.17, 15) is 4.79 Å². The molecule has 0 saturated heterocycles. The molecule has 1 heterocycles. The fraction of sp³-hybridized carbons (Fsp3) is 0.727. The zero-order valence-corrected chi connectivity index (χ0v) is 10.8. The molecule has 1 aromatic heterocycles. The lowest BCUT2D eigenvalue weighted by atomic mass is 9.82. The van der Waals surface area contributed by atoms with Crippen LogP contribution >= 0.6 is 11.3 Å². The van der Waals surface area contributed by atoms with E-state index in [2.05, 4.69) is 15.5 Å². The van der Waals surface area contributed by atoms with E-state index in [1.165, 1.54) is 17.8 Å². The summed E-state index contributed by atoms with van der Waals surface area (Å²) in [5.41, 5.74) is 5.42. The maximum atomic E-state index is 12.1. The minimum absolute atomic E-state index is 0.115. The third kappa shape index (κ3) is 2.81. The molecule has 0 unspecified atom stereocenters. The summed E-state index contributed by atoms with van der Waals surface area (Å²) in [5.74, 6) is -0.115. The fourth-order valence-electron chi connectivity index (χ4n) is 2.08. The number of anilines is 1. The Morgan fingerprint density at radius 2 is 2.12 bits per heavy atom. The molecule has 5 nitrogen and oxygen atoms in total. The number of aryl methyl sites for hydroxylation is 1. The summed E-state index contributed by atoms with van der Waals surface area (Å²) in [7, 11) is 0.